The summed E-state index contributed by atoms with van der Waals surface area (Å²) in [4.78, 5) is 34.4. The van der Waals surface area contributed by atoms with E-state index in [-0.39, 0.29) is 18.0 Å². The Morgan fingerprint density at radius 2 is 2.05 bits per heavy atom. The number of barbiturate groups is 1. The van der Waals surface area contributed by atoms with E-state index in [1.54, 1.807) is 12.2 Å². The quantitative estimate of drug-likeness (QED) is 0.845. The first kappa shape index (κ1) is 13.9. The van der Waals surface area contributed by atoms with Crippen molar-refractivity contribution in [3.8, 4) is 5.75 Å². The lowest BCUT2D eigenvalue weighted by atomic mass is 10.2. The molecule has 0 saturated carbocycles. The molecule has 4 amide bonds. The monoisotopic (exact) mass is 284 g/mol. The van der Waals surface area contributed by atoms with Crippen LogP contribution in [0.5, 0.6) is 5.75 Å². The van der Waals surface area contributed by atoms with Crippen LogP contribution in [0.3, 0.4) is 0 Å². The molecule has 1 aliphatic heterocycles. The van der Waals surface area contributed by atoms with E-state index in [1.165, 1.54) is 12.1 Å². The molecular formula is C12H10F2N2O4. The van der Waals surface area contributed by atoms with Crippen molar-refractivity contribution in [1.29, 1.82) is 0 Å². The second-order valence-corrected chi connectivity index (χ2v) is 3.88. The average molecular weight is 284 g/mol. The van der Waals surface area contributed by atoms with Gasteiger partial charge in [0.05, 0.1) is 12.3 Å². The third-order valence-electron chi connectivity index (χ3n) is 2.57. The van der Waals surface area contributed by atoms with Gasteiger partial charge in [-0.05, 0) is 19.1 Å². The van der Waals surface area contributed by atoms with Gasteiger partial charge in [0.2, 0.25) is 0 Å². The lowest BCUT2D eigenvalue weighted by Gasteiger charge is -2.26. The minimum atomic E-state index is -2.50. The number of halogens is 2. The van der Waals surface area contributed by atoms with Gasteiger partial charge in [-0.15, -0.1) is 0 Å². The van der Waals surface area contributed by atoms with Gasteiger partial charge in [-0.1, -0.05) is 0 Å². The minimum absolute atomic E-state index is 0.0611. The van der Waals surface area contributed by atoms with Crippen LogP contribution in [0, 0.1) is 5.82 Å². The number of nitrogens with one attached hydrogen (secondary N) is 1. The Hall–Kier alpha value is -2.51. The zero-order valence-electron chi connectivity index (χ0n) is 10.4. The number of ether oxygens (including phenoxy) is 1. The Morgan fingerprint density at radius 3 is 2.65 bits per heavy atom. The normalized spacial score (nSPS) is 19.1. The summed E-state index contributed by atoms with van der Waals surface area (Å²) in [5, 5.41) is 1.67. The van der Waals surface area contributed by atoms with Crippen molar-refractivity contribution in [3.05, 3.63) is 24.0 Å². The molecule has 8 heteroatoms. The number of hydrogen-bond acceptors (Lipinski definition) is 4. The van der Waals surface area contributed by atoms with Crippen molar-refractivity contribution in [2.24, 2.45) is 0 Å². The van der Waals surface area contributed by atoms with E-state index in [0.717, 1.165) is 6.07 Å². The smallest absolute Gasteiger partial charge is 0.335 e. The van der Waals surface area contributed by atoms with E-state index < -0.39 is 29.8 Å². The molecule has 1 saturated heterocycles. The summed E-state index contributed by atoms with van der Waals surface area (Å²) >= 11 is 0. The van der Waals surface area contributed by atoms with E-state index in [4.69, 9.17) is 4.74 Å². The van der Waals surface area contributed by atoms with E-state index >= 15 is 0 Å². The number of alkyl halides is 1. The third-order valence-corrected chi connectivity index (χ3v) is 2.57. The molecule has 1 fully saturated rings. The largest absolute Gasteiger partial charge is 0.491 e. The van der Waals surface area contributed by atoms with Crippen molar-refractivity contribution < 1.29 is 27.9 Å². The topological polar surface area (TPSA) is 75.7 Å². The molecule has 106 valence electrons. The van der Waals surface area contributed by atoms with Crippen LogP contribution in [0.15, 0.2) is 18.2 Å². The highest BCUT2D eigenvalue weighted by molar-refractivity contribution is 6.29. The van der Waals surface area contributed by atoms with Gasteiger partial charge < -0.3 is 4.74 Å². The van der Waals surface area contributed by atoms with Crippen LogP contribution in [0.1, 0.15) is 6.92 Å². The Morgan fingerprint density at radius 1 is 1.35 bits per heavy atom. The number of rotatable bonds is 3. The number of benzene rings is 1. The van der Waals surface area contributed by atoms with E-state index in [1.807, 2.05) is 0 Å². The molecule has 1 aliphatic rings. The van der Waals surface area contributed by atoms with Gasteiger partial charge in [-0.2, -0.15) is 0 Å². The molecule has 1 N–H and O–H groups in total. The van der Waals surface area contributed by atoms with Gasteiger partial charge in [-0.3, -0.25) is 14.9 Å². The summed E-state index contributed by atoms with van der Waals surface area (Å²) in [7, 11) is 0. The van der Waals surface area contributed by atoms with Crippen LogP contribution >= 0.6 is 0 Å². The van der Waals surface area contributed by atoms with Crippen molar-refractivity contribution in [3.63, 3.8) is 0 Å². The molecule has 1 atom stereocenters. The van der Waals surface area contributed by atoms with Crippen LogP contribution < -0.4 is 15.0 Å². The van der Waals surface area contributed by atoms with Gasteiger partial charge in [0, 0.05) is 6.07 Å². The van der Waals surface area contributed by atoms with Crippen molar-refractivity contribution >= 4 is 23.5 Å². The maximum absolute atomic E-state index is 13.7. The Labute approximate surface area is 112 Å². The summed E-state index contributed by atoms with van der Waals surface area (Å²) in [6, 6.07) is 2.15. The molecule has 6 nitrogen and oxygen atoms in total. The number of carbonyl (C=O) groups is 3. The van der Waals surface area contributed by atoms with Gasteiger partial charge in [0.1, 0.15) is 0 Å². The fourth-order valence-corrected chi connectivity index (χ4v) is 1.70. The Balaban J connectivity index is 2.35. The molecule has 2 rings (SSSR count). The fourth-order valence-electron chi connectivity index (χ4n) is 1.70. The molecule has 0 radical (unpaired) electrons. The number of hydrogen-bond donors (Lipinski definition) is 1. The number of amides is 4. The number of imide groups is 2. The molecule has 0 aromatic heterocycles. The number of nitrogens with zero attached hydrogens (tertiary/aromatic N) is 1. The van der Waals surface area contributed by atoms with Crippen molar-refractivity contribution in [2.45, 2.75) is 13.1 Å². The zero-order valence-corrected chi connectivity index (χ0v) is 10.4. The van der Waals surface area contributed by atoms with Crippen LogP contribution in [0.25, 0.3) is 0 Å². The molecule has 0 spiro atoms. The molecule has 0 aliphatic carbocycles. The minimum Gasteiger partial charge on any atom is -0.491 e. The highest BCUT2D eigenvalue weighted by atomic mass is 19.1. The molecular weight excluding hydrogens is 274 g/mol. The van der Waals surface area contributed by atoms with Gasteiger partial charge >= 0.3 is 6.03 Å². The standard InChI is InChI=1S/C12H10F2N2O4/c1-2-20-8-4-3-6(5-7(8)13)16-11(18)9(14)10(17)15-12(16)19/h3-5,9H,2H2,1H3,(H,15,17,19). The predicted molar refractivity (Wildman–Crippen MR) is 63.5 cm³/mol. The summed E-state index contributed by atoms with van der Waals surface area (Å²) in [5.74, 6) is -3.56. The molecule has 1 heterocycles. The second-order valence-electron chi connectivity index (χ2n) is 3.88. The fraction of sp³-hybridized carbons (Fsp3) is 0.250. The van der Waals surface area contributed by atoms with E-state index in [9.17, 15) is 23.2 Å². The van der Waals surface area contributed by atoms with Gasteiger partial charge in [-0.25, -0.2) is 18.5 Å². The van der Waals surface area contributed by atoms with Crippen LogP contribution in [0.4, 0.5) is 19.3 Å². The summed E-state index contributed by atoms with van der Waals surface area (Å²) in [5.41, 5.74) is -0.191. The first-order valence-electron chi connectivity index (χ1n) is 5.71. The first-order chi connectivity index (χ1) is 9.45. The lowest BCUT2D eigenvalue weighted by molar-refractivity contribution is -0.135. The maximum Gasteiger partial charge on any atom is 0.335 e. The van der Waals surface area contributed by atoms with E-state index in [2.05, 4.69) is 0 Å². The van der Waals surface area contributed by atoms with Crippen LogP contribution in [0.2, 0.25) is 0 Å². The third kappa shape index (κ3) is 2.31. The van der Waals surface area contributed by atoms with Gasteiger partial charge in [0.25, 0.3) is 18.0 Å². The van der Waals surface area contributed by atoms with Crippen molar-refractivity contribution in [1.82, 2.24) is 5.32 Å². The van der Waals surface area contributed by atoms with Crippen molar-refractivity contribution in [2.75, 3.05) is 11.5 Å². The molecule has 1 aromatic rings. The Kier molecular flexibility index (Phi) is 3.64. The Bertz CT molecular complexity index is 591. The second kappa shape index (κ2) is 5.24. The maximum atomic E-state index is 13.7. The molecule has 1 aromatic carbocycles. The molecule has 20 heavy (non-hydrogen) atoms. The highest BCUT2D eigenvalue weighted by Crippen LogP contribution is 2.25. The van der Waals surface area contributed by atoms with Crippen LogP contribution in [-0.2, 0) is 9.59 Å². The summed E-state index contributed by atoms with van der Waals surface area (Å²) in [6.45, 7) is 1.90. The summed E-state index contributed by atoms with van der Waals surface area (Å²) in [6.07, 6.45) is -2.50. The average Bonchev–Trinajstić information content (AvgIpc) is 2.39. The van der Waals surface area contributed by atoms with Crippen LogP contribution in [-0.4, -0.2) is 30.6 Å². The van der Waals surface area contributed by atoms with Gasteiger partial charge in [0.15, 0.2) is 11.6 Å². The SMILES string of the molecule is CCOc1ccc(N2C(=O)NC(=O)C(F)C2=O)cc1F. The molecule has 1 unspecified atom stereocenters. The predicted octanol–water partition coefficient (Wildman–Crippen LogP) is 1.15. The first-order valence-corrected chi connectivity index (χ1v) is 5.71. The number of urea groups is 1. The number of carbonyl (C=O) groups excluding carboxylic acids is 3. The highest BCUT2D eigenvalue weighted by Gasteiger charge is 2.41. The molecule has 0 bridgehead atoms. The van der Waals surface area contributed by atoms with E-state index in [0.29, 0.717) is 4.90 Å². The lowest BCUT2D eigenvalue weighted by Crippen LogP contribution is -2.59. The summed E-state index contributed by atoms with van der Waals surface area (Å²) < 4.78 is 31.9. The zero-order chi connectivity index (χ0) is 14.9. The number of anilines is 1.